The number of nitrogens with one attached hydrogen (secondary N) is 1. The van der Waals surface area contributed by atoms with Gasteiger partial charge in [-0.3, -0.25) is 4.79 Å². The zero-order valence-corrected chi connectivity index (χ0v) is 15.3. The van der Waals surface area contributed by atoms with Gasteiger partial charge in [-0.15, -0.1) is 0 Å². The number of benzene rings is 2. The van der Waals surface area contributed by atoms with Crippen LogP contribution in [0.2, 0.25) is 0 Å². The van der Waals surface area contributed by atoms with Crippen molar-refractivity contribution in [1.82, 2.24) is 0 Å². The second-order valence-electron chi connectivity index (χ2n) is 8.39. The zero-order chi connectivity index (χ0) is 17.6. The Labute approximate surface area is 150 Å². The molecule has 2 saturated carbocycles. The summed E-state index contributed by atoms with van der Waals surface area (Å²) in [6, 6.07) is 20.8. The highest BCUT2D eigenvalue weighted by Crippen LogP contribution is 2.62. The molecule has 0 aliphatic heterocycles. The number of carbonyl (C=O) groups excluding carboxylic acids is 1. The summed E-state index contributed by atoms with van der Waals surface area (Å²) < 4.78 is 0. The van der Waals surface area contributed by atoms with Gasteiger partial charge in [-0.25, -0.2) is 0 Å². The first-order valence-corrected chi connectivity index (χ1v) is 9.40. The van der Waals surface area contributed by atoms with E-state index < -0.39 is 0 Å². The number of hydrogen-bond acceptors (Lipinski definition) is 2. The summed E-state index contributed by atoms with van der Waals surface area (Å²) in [4.78, 5) is 13.2. The van der Waals surface area contributed by atoms with Crippen molar-refractivity contribution in [1.29, 1.82) is 0 Å². The second-order valence-corrected chi connectivity index (χ2v) is 8.39. The van der Waals surface area contributed by atoms with Crippen molar-refractivity contribution in [2.45, 2.75) is 33.2 Å². The Morgan fingerprint density at radius 1 is 1.00 bits per heavy atom. The largest absolute Gasteiger partial charge is 0.377 e. The molecule has 2 heteroatoms. The number of para-hydroxylation sites is 1. The minimum Gasteiger partial charge on any atom is -0.377 e. The Morgan fingerprint density at radius 2 is 1.60 bits per heavy atom. The molecule has 0 saturated heterocycles. The standard InChI is InChI=1S/C23H27NO/c1-15-18-14-19(23(15,2)3)20(22(18)25)21(16-10-6-4-7-11-16)24-17-12-8-5-9-13-17/h4-13,15,18-21,24H,14H2,1-3H3. The molecule has 0 heterocycles. The molecule has 5 atom stereocenters. The van der Waals surface area contributed by atoms with Crippen molar-refractivity contribution in [3.8, 4) is 0 Å². The molecule has 130 valence electrons. The van der Waals surface area contributed by atoms with Crippen LogP contribution in [0.25, 0.3) is 0 Å². The average Bonchev–Trinajstić information content (AvgIpc) is 3.08. The fourth-order valence-electron chi connectivity index (χ4n) is 5.21. The van der Waals surface area contributed by atoms with Gasteiger partial charge in [0.05, 0.1) is 6.04 Å². The van der Waals surface area contributed by atoms with E-state index in [0.29, 0.717) is 17.6 Å². The third-order valence-electron chi connectivity index (χ3n) is 6.98. The van der Waals surface area contributed by atoms with Gasteiger partial charge in [0.1, 0.15) is 5.78 Å². The van der Waals surface area contributed by atoms with Crippen molar-refractivity contribution in [2.75, 3.05) is 5.32 Å². The summed E-state index contributed by atoms with van der Waals surface area (Å²) in [5.41, 5.74) is 2.51. The first-order chi connectivity index (χ1) is 12.0. The molecule has 0 radical (unpaired) electrons. The molecular formula is C23H27NO. The Bertz CT molecular complexity index is 752. The maximum Gasteiger partial charge on any atom is 0.142 e. The van der Waals surface area contributed by atoms with Gasteiger partial charge in [0.25, 0.3) is 0 Å². The lowest BCUT2D eigenvalue weighted by atomic mass is 9.62. The number of anilines is 1. The van der Waals surface area contributed by atoms with E-state index in [0.717, 1.165) is 12.1 Å². The molecule has 0 amide bonds. The van der Waals surface area contributed by atoms with Gasteiger partial charge in [-0.05, 0) is 41.4 Å². The minimum atomic E-state index is 0.0397. The van der Waals surface area contributed by atoms with E-state index in [9.17, 15) is 4.79 Å². The fourth-order valence-corrected chi connectivity index (χ4v) is 5.21. The second kappa shape index (κ2) is 6.01. The SMILES string of the molecule is CC1C2CC(C(C(Nc3ccccc3)c3ccccc3)C2=O)C1(C)C. The monoisotopic (exact) mass is 333 g/mol. The van der Waals surface area contributed by atoms with E-state index in [1.807, 2.05) is 24.3 Å². The first kappa shape index (κ1) is 16.4. The van der Waals surface area contributed by atoms with E-state index >= 15 is 0 Å². The van der Waals surface area contributed by atoms with E-state index in [1.54, 1.807) is 0 Å². The van der Waals surface area contributed by atoms with Crippen LogP contribution in [0.15, 0.2) is 60.7 Å². The van der Waals surface area contributed by atoms with Crippen LogP contribution in [0.4, 0.5) is 5.69 Å². The summed E-state index contributed by atoms with van der Waals surface area (Å²) in [5.74, 6) is 1.68. The van der Waals surface area contributed by atoms with Crippen LogP contribution in [0, 0.1) is 29.1 Å². The van der Waals surface area contributed by atoms with Crippen molar-refractivity contribution in [3.05, 3.63) is 66.2 Å². The molecule has 2 aromatic rings. The van der Waals surface area contributed by atoms with E-state index in [1.165, 1.54) is 5.56 Å². The quantitative estimate of drug-likeness (QED) is 0.818. The van der Waals surface area contributed by atoms with E-state index in [2.05, 4.69) is 62.5 Å². The summed E-state index contributed by atoms with van der Waals surface area (Å²) in [6.45, 7) is 6.97. The van der Waals surface area contributed by atoms with Crippen LogP contribution in [0.3, 0.4) is 0 Å². The van der Waals surface area contributed by atoms with Gasteiger partial charge < -0.3 is 5.32 Å². The van der Waals surface area contributed by atoms with Crippen LogP contribution in [-0.4, -0.2) is 5.78 Å². The maximum absolute atomic E-state index is 13.2. The molecule has 0 aromatic heterocycles. The Balaban J connectivity index is 1.73. The van der Waals surface area contributed by atoms with Gasteiger partial charge in [0.15, 0.2) is 0 Å². The molecule has 2 aliphatic rings. The summed E-state index contributed by atoms with van der Waals surface area (Å²) in [7, 11) is 0. The molecule has 2 fully saturated rings. The Kier molecular flexibility index (Phi) is 3.94. The third-order valence-corrected chi connectivity index (χ3v) is 6.98. The fraction of sp³-hybridized carbons (Fsp3) is 0.435. The van der Waals surface area contributed by atoms with Gasteiger partial charge in [-0.1, -0.05) is 69.3 Å². The van der Waals surface area contributed by atoms with Gasteiger partial charge in [0, 0.05) is 17.5 Å². The summed E-state index contributed by atoms with van der Waals surface area (Å²) in [5, 5.41) is 3.68. The lowest BCUT2D eigenvalue weighted by molar-refractivity contribution is -0.131. The average molecular weight is 333 g/mol. The molecule has 2 nitrogen and oxygen atoms in total. The highest BCUT2D eigenvalue weighted by Gasteiger charge is 2.61. The maximum atomic E-state index is 13.2. The smallest absolute Gasteiger partial charge is 0.142 e. The molecule has 2 bridgehead atoms. The lowest BCUT2D eigenvalue weighted by Gasteiger charge is -2.43. The number of carbonyl (C=O) groups is 1. The highest BCUT2D eigenvalue weighted by molar-refractivity contribution is 5.89. The van der Waals surface area contributed by atoms with Crippen LogP contribution in [0.5, 0.6) is 0 Å². The molecular weight excluding hydrogens is 306 g/mol. The topological polar surface area (TPSA) is 29.1 Å². The molecule has 5 unspecified atom stereocenters. The van der Waals surface area contributed by atoms with Crippen LogP contribution >= 0.6 is 0 Å². The van der Waals surface area contributed by atoms with Crippen molar-refractivity contribution < 1.29 is 4.79 Å². The number of rotatable bonds is 4. The van der Waals surface area contributed by atoms with Crippen LogP contribution in [-0.2, 0) is 4.79 Å². The number of ketones is 1. The van der Waals surface area contributed by atoms with Gasteiger partial charge >= 0.3 is 0 Å². The Hall–Kier alpha value is -2.09. The highest BCUT2D eigenvalue weighted by atomic mass is 16.1. The normalized spacial score (nSPS) is 31.1. The van der Waals surface area contributed by atoms with Crippen molar-refractivity contribution >= 4 is 11.5 Å². The molecule has 0 spiro atoms. The van der Waals surface area contributed by atoms with Crippen molar-refractivity contribution in [3.63, 3.8) is 0 Å². The Morgan fingerprint density at radius 3 is 2.20 bits per heavy atom. The number of Topliss-reactive ketones (excluding diaryl/α,β-unsaturated/α-hetero) is 1. The molecule has 2 aliphatic carbocycles. The number of hydrogen-bond donors (Lipinski definition) is 1. The first-order valence-electron chi connectivity index (χ1n) is 9.40. The van der Waals surface area contributed by atoms with Crippen LogP contribution in [0.1, 0.15) is 38.8 Å². The van der Waals surface area contributed by atoms with Crippen LogP contribution < -0.4 is 5.32 Å². The zero-order valence-electron chi connectivity index (χ0n) is 15.3. The summed E-state index contributed by atoms with van der Waals surface area (Å²) in [6.07, 6.45) is 1.05. The molecule has 1 N–H and O–H groups in total. The van der Waals surface area contributed by atoms with Gasteiger partial charge in [-0.2, -0.15) is 0 Å². The predicted octanol–water partition coefficient (Wildman–Crippen LogP) is 5.34. The third kappa shape index (κ3) is 2.59. The summed E-state index contributed by atoms with van der Waals surface area (Å²) >= 11 is 0. The molecule has 25 heavy (non-hydrogen) atoms. The molecule has 2 aromatic carbocycles. The lowest BCUT2D eigenvalue weighted by Crippen LogP contribution is -2.43. The number of fused-ring (bicyclic) bond motifs is 2. The predicted molar refractivity (Wildman–Crippen MR) is 102 cm³/mol. The van der Waals surface area contributed by atoms with E-state index in [-0.39, 0.29) is 23.3 Å². The van der Waals surface area contributed by atoms with E-state index in [4.69, 9.17) is 0 Å². The van der Waals surface area contributed by atoms with Gasteiger partial charge in [0.2, 0.25) is 0 Å². The van der Waals surface area contributed by atoms with Crippen molar-refractivity contribution in [2.24, 2.45) is 29.1 Å². The minimum absolute atomic E-state index is 0.0397. The molecule has 4 rings (SSSR count).